The highest BCUT2D eigenvalue weighted by Crippen LogP contribution is 2.27. The first-order valence-electron chi connectivity index (χ1n) is 10.0. The Kier molecular flexibility index (Phi) is 7.64. The molecule has 2 aromatic heterocycles. The molecule has 0 aromatic carbocycles. The van der Waals surface area contributed by atoms with Gasteiger partial charge in [-0.05, 0) is 46.6 Å². The fourth-order valence-corrected chi connectivity index (χ4v) is 3.12. The van der Waals surface area contributed by atoms with E-state index in [1.807, 2.05) is 20.8 Å². The molecule has 0 radical (unpaired) electrons. The second-order valence-corrected chi connectivity index (χ2v) is 8.18. The molecule has 9 nitrogen and oxygen atoms in total. The van der Waals surface area contributed by atoms with Crippen LogP contribution in [0.3, 0.4) is 0 Å². The molecule has 0 atom stereocenters. The number of carbonyl (C=O) groups is 1. The molecule has 31 heavy (non-hydrogen) atoms. The van der Waals surface area contributed by atoms with Gasteiger partial charge in [-0.3, -0.25) is 0 Å². The molecular weight excluding hydrogens is 396 g/mol. The number of likely N-dealkylation sites (tertiary alicyclic amines) is 1. The van der Waals surface area contributed by atoms with Gasteiger partial charge >= 0.3 is 6.09 Å². The van der Waals surface area contributed by atoms with Crippen molar-refractivity contribution < 1.29 is 14.3 Å². The quantitative estimate of drug-likeness (QED) is 0.722. The summed E-state index contributed by atoms with van der Waals surface area (Å²) in [6, 6.07) is 3.81. The van der Waals surface area contributed by atoms with Crippen molar-refractivity contribution in [3.05, 3.63) is 35.3 Å². The van der Waals surface area contributed by atoms with Gasteiger partial charge in [0, 0.05) is 42.3 Å². The van der Waals surface area contributed by atoms with Crippen LogP contribution in [0.25, 0.3) is 11.1 Å². The van der Waals surface area contributed by atoms with Crippen LogP contribution >= 0.6 is 0 Å². The van der Waals surface area contributed by atoms with Gasteiger partial charge in [0.1, 0.15) is 28.5 Å². The number of hydrogen-bond acceptors (Lipinski definition) is 7. The fraction of sp³-hybridized carbons (Fsp3) is 0.455. The van der Waals surface area contributed by atoms with E-state index >= 15 is 0 Å². The summed E-state index contributed by atoms with van der Waals surface area (Å²) in [5, 5.41) is 20.6. The molecule has 1 aliphatic rings. The first-order valence-corrected chi connectivity index (χ1v) is 10.0. The minimum atomic E-state index is -0.361. The Morgan fingerprint density at radius 1 is 1.35 bits per heavy atom. The van der Waals surface area contributed by atoms with Gasteiger partial charge in [-0.15, -0.1) is 0 Å². The van der Waals surface area contributed by atoms with Gasteiger partial charge in [0.25, 0.3) is 0 Å². The van der Waals surface area contributed by atoms with Crippen LogP contribution < -0.4 is 10.5 Å². The van der Waals surface area contributed by atoms with Gasteiger partial charge < -0.3 is 25.5 Å². The average molecular weight is 427 g/mol. The van der Waals surface area contributed by atoms with E-state index in [2.05, 4.69) is 11.2 Å². The predicted molar refractivity (Wildman–Crippen MR) is 119 cm³/mol. The van der Waals surface area contributed by atoms with E-state index in [0.29, 0.717) is 33.7 Å². The van der Waals surface area contributed by atoms with Gasteiger partial charge in [-0.2, -0.15) is 10.4 Å². The van der Waals surface area contributed by atoms with Gasteiger partial charge in [-0.1, -0.05) is 0 Å². The lowest BCUT2D eigenvalue weighted by atomic mass is 10.1. The molecule has 1 aliphatic heterocycles. The van der Waals surface area contributed by atoms with Crippen molar-refractivity contribution in [3.8, 4) is 11.8 Å². The number of amides is 1. The van der Waals surface area contributed by atoms with Crippen LogP contribution in [0.4, 0.5) is 4.79 Å². The number of allylic oxidation sites excluding steroid dienone is 2. The summed E-state index contributed by atoms with van der Waals surface area (Å²) >= 11 is 0. The van der Waals surface area contributed by atoms with Crippen molar-refractivity contribution >= 4 is 23.4 Å². The van der Waals surface area contributed by atoms with Crippen LogP contribution in [0.2, 0.25) is 0 Å². The van der Waals surface area contributed by atoms with Crippen molar-refractivity contribution in [2.24, 2.45) is 5.73 Å². The maximum atomic E-state index is 11.4. The molecular formula is C22H30N6O3. The molecule has 1 fully saturated rings. The highest BCUT2D eigenvalue weighted by molar-refractivity contribution is 6.09. The van der Waals surface area contributed by atoms with Crippen molar-refractivity contribution in [2.75, 3.05) is 20.2 Å². The van der Waals surface area contributed by atoms with E-state index in [1.54, 1.807) is 28.6 Å². The number of methoxy groups -OCH3 is 1. The van der Waals surface area contributed by atoms with Crippen LogP contribution in [-0.4, -0.2) is 52.6 Å². The first kappa shape index (κ1) is 23.7. The lowest BCUT2D eigenvalue weighted by Crippen LogP contribution is -2.34. The molecule has 9 heteroatoms. The maximum absolute atomic E-state index is 11.4. The number of carbonyl (C=O) groups excluding carboxylic acids is 1. The summed E-state index contributed by atoms with van der Waals surface area (Å²) in [5.74, 6) is 0.521. The summed E-state index contributed by atoms with van der Waals surface area (Å²) in [6.45, 7) is 9.10. The van der Waals surface area contributed by atoms with Crippen molar-refractivity contribution in [3.63, 3.8) is 0 Å². The molecule has 0 saturated carbocycles. The zero-order valence-corrected chi connectivity index (χ0v) is 18.7. The Balaban J connectivity index is 0.000000245. The Labute approximate surface area is 182 Å². The molecule has 1 amide bonds. The molecule has 166 valence electrons. The van der Waals surface area contributed by atoms with Gasteiger partial charge in [0.15, 0.2) is 0 Å². The van der Waals surface area contributed by atoms with Gasteiger partial charge in [-0.25, -0.2) is 9.31 Å². The van der Waals surface area contributed by atoms with Crippen LogP contribution in [0, 0.1) is 16.7 Å². The van der Waals surface area contributed by atoms with E-state index in [4.69, 9.17) is 25.9 Å². The third-order valence-electron chi connectivity index (χ3n) is 4.56. The van der Waals surface area contributed by atoms with Crippen molar-refractivity contribution in [1.29, 1.82) is 10.7 Å². The minimum Gasteiger partial charge on any atom is -0.494 e. The van der Waals surface area contributed by atoms with Crippen LogP contribution in [0.5, 0.6) is 5.75 Å². The number of nitriles is 1. The molecule has 3 heterocycles. The maximum Gasteiger partial charge on any atom is 0.410 e. The van der Waals surface area contributed by atoms with E-state index < -0.39 is 0 Å². The molecule has 3 N–H and O–H groups in total. The Morgan fingerprint density at radius 2 is 2.00 bits per heavy atom. The fourth-order valence-electron chi connectivity index (χ4n) is 3.12. The number of pyridine rings is 1. The third kappa shape index (κ3) is 5.98. The zero-order chi connectivity index (χ0) is 23.2. The molecule has 0 bridgehead atoms. The topological polar surface area (TPSA) is 130 Å². The summed E-state index contributed by atoms with van der Waals surface area (Å²) < 4.78 is 12.1. The third-order valence-corrected chi connectivity index (χ3v) is 4.56. The summed E-state index contributed by atoms with van der Waals surface area (Å²) in [5.41, 5.74) is 8.27. The SMILES string of the molecule is CC(C)(C)OC(=O)N1CCCC1.COc1cc(/C(C=N)=C(\C)N)cn2ncc(C#N)c12. The normalized spacial score (nSPS) is 14.3. The zero-order valence-electron chi connectivity index (χ0n) is 18.7. The number of rotatable bonds is 3. The number of hydrogen-bond donors (Lipinski definition) is 2. The summed E-state index contributed by atoms with van der Waals surface area (Å²) in [7, 11) is 1.52. The van der Waals surface area contributed by atoms with Crippen LogP contribution in [0.15, 0.2) is 24.2 Å². The van der Waals surface area contributed by atoms with E-state index in [1.165, 1.54) is 19.5 Å². The Hall–Kier alpha value is -3.54. The van der Waals surface area contributed by atoms with Crippen LogP contribution in [-0.2, 0) is 4.74 Å². The minimum absolute atomic E-state index is 0.167. The Morgan fingerprint density at radius 3 is 2.48 bits per heavy atom. The predicted octanol–water partition coefficient (Wildman–Crippen LogP) is 3.57. The number of nitrogens with zero attached hydrogens (tertiary/aromatic N) is 4. The molecule has 1 saturated heterocycles. The van der Waals surface area contributed by atoms with Crippen molar-refractivity contribution in [2.45, 2.75) is 46.1 Å². The molecule has 2 aromatic rings. The second-order valence-electron chi connectivity index (χ2n) is 8.18. The van der Waals surface area contributed by atoms with E-state index in [-0.39, 0.29) is 11.7 Å². The second kappa shape index (κ2) is 9.98. The van der Waals surface area contributed by atoms with Crippen LogP contribution in [0.1, 0.15) is 51.7 Å². The lowest BCUT2D eigenvalue weighted by Gasteiger charge is -2.23. The Bertz CT molecular complexity index is 1020. The van der Waals surface area contributed by atoms with Gasteiger partial charge in [0.05, 0.1) is 13.3 Å². The number of nitrogens with one attached hydrogen (secondary N) is 1. The summed E-state index contributed by atoms with van der Waals surface area (Å²) in [6.07, 6.45) is 6.43. The average Bonchev–Trinajstić information content (AvgIpc) is 3.36. The molecule has 3 rings (SSSR count). The van der Waals surface area contributed by atoms with E-state index in [9.17, 15) is 4.79 Å². The number of ether oxygens (including phenoxy) is 2. The number of fused-ring (bicyclic) bond motifs is 1. The highest BCUT2D eigenvalue weighted by Gasteiger charge is 2.23. The molecule has 0 unspecified atom stereocenters. The van der Waals surface area contributed by atoms with Crippen molar-refractivity contribution in [1.82, 2.24) is 14.5 Å². The van der Waals surface area contributed by atoms with Gasteiger partial charge in [0.2, 0.25) is 0 Å². The lowest BCUT2D eigenvalue weighted by molar-refractivity contribution is 0.0295. The largest absolute Gasteiger partial charge is 0.494 e. The smallest absolute Gasteiger partial charge is 0.410 e. The standard InChI is InChI=1S/C13H13N5O.C9H17NO2/c1-8(16)11(5-15)9-3-12(19-2)13-10(4-14)6-17-18(13)7-9;1-9(2,3)12-8(11)10-6-4-5-7-10/h3,5-7,15H,16H2,1-2H3;4-7H2,1-3H3/b11-8+,15-5?;. The van der Waals surface area contributed by atoms with E-state index in [0.717, 1.165) is 25.9 Å². The number of aromatic nitrogens is 2. The summed E-state index contributed by atoms with van der Waals surface area (Å²) in [4.78, 5) is 13.1. The number of nitrogens with two attached hydrogens (primary N) is 1. The highest BCUT2D eigenvalue weighted by atomic mass is 16.6. The molecule has 0 aliphatic carbocycles. The first-order chi connectivity index (χ1) is 14.6. The molecule has 0 spiro atoms. The monoisotopic (exact) mass is 426 g/mol.